The minimum atomic E-state index is -4.37. The molecule has 0 radical (unpaired) electrons. The van der Waals surface area contributed by atoms with E-state index in [0.29, 0.717) is 5.75 Å². The Morgan fingerprint density at radius 1 is 1.33 bits per heavy atom. The average Bonchev–Trinajstić information content (AvgIpc) is 2.27. The summed E-state index contributed by atoms with van der Waals surface area (Å²) in [6, 6.07) is 6.97. The Morgan fingerprint density at radius 2 is 2.06 bits per heavy atom. The molecule has 0 aromatic heterocycles. The maximum atomic E-state index is 11.8. The molecule has 0 heterocycles. The fraction of sp³-hybridized carbons (Fsp3) is 0.500. The van der Waals surface area contributed by atoms with Crippen molar-refractivity contribution in [1.82, 2.24) is 0 Å². The summed E-state index contributed by atoms with van der Waals surface area (Å²) in [6.45, 7) is -1.70. The number of aliphatic hydroxyl groups is 1. The van der Waals surface area contributed by atoms with Crippen LogP contribution in [0.2, 0.25) is 0 Å². The molecule has 0 aliphatic rings. The summed E-state index contributed by atoms with van der Waals surface area (Å²) in [5, 5.41) is 9.53. The number of hydrogen-bond acceptors (Lipinski definition) is 3. The van der Waals surface area contributed by atoms with Gasteiger partial charge in [0, 0.05) is 6.42 Å². The van der Waals surface area contributed by atoms with Gasteiger partial charge in [-0.2, -0.15) is 13.2 Å². The van der Waals surface area contributed by atoms with E-state index in [2.05, 4.69) is 4.74 Å². The lowest BCUT2D eigenvalue weighted by Gasteiger charge is -2.13. The number of methoxy groups -OCH3 is 1. The topological polar surface area (TPSA) is 38.7 Å². The van der Waals surface area contributed by atoms with E-state index < -0.39 is 18.9 Å². The molecule has 0 saturated heterocycles. The lowest BCUT2D eigenvalue weighted by Crippen LogP contribution is -2.24. The van der Waals surface area contributed by atoms with Crippen LogP contribution in [0.15, 0.2) is 24.3 Å². The van der Waals surface area contributed by atoms with E-state index in [-0.39, 0.29) is 13.0 Å². The predicted octanol–water partition coefficient (Wildman–Crippen LogP) is 2.18. The Labute approximate surface area is 103 Å². The smallest absolute Gasteiger partial charge is 0.411 e. The fourth-order valence-electron chi connectivity index (χ4n) is 1.44. The third kappa shape index (κ3) is 5.88. The minimum Gasteiger partial charge on any atom is -0.497 e. The van der Waals surface area contributed by atoms with Crippen LogP contribution in [0.25, 0.3) is 0 Å². The molecule has 1 unspecified atom stereocenters. The van der Waals surface area contributed by atoms with Crippen molar-refractivity contribution in [3.63, 3.8) is 0 Å². The Morgan fingerprint density at radius 3 is 2.67 bits per heavy atom. The molecule has 1 N–H and O–H groups in total. The van der Waals surface area contributed by atoms with Crippen molar-refractivity contribution in [3.8, 4) is 5.75 Å². The zero-order chi connectivity index (χ0) is 13.6. The first-order valence-corrected chi connectivity index (χ1v) is 5.36. The molecule has 0 aliphatic heterocycles. The van der Waals surface area contributed by atoms with Crippen molar-refractivity contribution in [2.75, 3.05) is 20.3 Å². The SMILES string of the molecule is COc1cccc(CC(O)COCC(F)(F)F)c1. The quantitative estimate of drug-likeness (QED) is 0.856. The molecule has 102 valence electrons. The number of benzene rings is 1. The molecule has 0 aliphatic carbocycles. The summed E-state index contributed by atoms with van der Waals surface area (Å²) in [5.74, 6) is 0.635. The fourth-order valence-corrected chi connectivity index (χ4v) is 1.44. The highest BCUT2D eigenvalue weighted by Gasteiger charge is 2.27. The Kier molecular flexibility index (Phi) is 5.43. The van der Waals surface area contributed by atoms with Gasteiger partial charge in [0.2, 0.25) is 0 Å². The van der Waals surface area contributed by atoms with Gasteiger partial charge in [-0.25, -0.2) is 0 Å². The van der Waals surface area contributed by atoms with E-state index in [1.54, 1.807) is 24.3 Å². The minimum absolute atomic E-state index is 0.217. The lowest BCUT2D eigenvalue weighted by atomic mass is 10.1. The summed E-state index contributed by atoms with van der Waals surface area (Å²) >= 11 is 0. The van der Waals surface area contributed by atoms with Gasteiger partial charge in [-0.1, -0.05) is 12.1 Å². The normalized spacial score (nSPS) is 13.4. The number of ether oxygens (including phenoxy) is 2. The second kappa shape index (κ2) is 6.61. The van der Waals surface area contributed by atoms with E-state index in [1.807, 2.05) is 0 Å². The molecule has 1 atom stereocenters. The standard InChI is InChI=1S/C12H15F3O3/c1-17-11-4-2-3-9(6-11)5-10(16)7-18-8-12(13,14)15/h2-4,6,10,16H,5,7-8H2,1H3. The Bertz CT molecular complexity index is 366. The van der Waals surface area contributed by atoms with Gasteiger partial charge < -0.3 is 14.6 Å². The van der Waals surface area contributed by atoms with Crippen molar-refractivity contribution >= 4 is 0 Å². The molecule has 1 aromatic rings. The molecular formula is C12H15F3O3. The van der Waals surface area contributed by atoms with Crippen LogP contribution in [0.5, 0.6) is 5.75 Å². The number of rotatable bonds is 6. The Hall–Kier alpha value is -1.27. The zero-order valence-corrected chi connectivity index (χ0v) is 9.91. The molecule has 0 spiro atoms. The summed E-state index contributed by atoms with van der Waals surface area (Å²) in [5.41, 5.74) is 0.775. The van der Waals surface area contributed by atoms with E-state index >= 15 is 0 Å². The van der Waals surface area contributed by atoms with Crippen LogP contribution in [0, 0.1) is 0 Å². The first-order valence-electron chi connectivity index (χ1n) is 5.36. The molecular weight excluding hydrogens is 249 g/mol. The highest BCUT2D eigenvalue weighted by molar-refractivity contribution is 5.28. The molecule has 1 aromatic carbocycles. The van der Waals surface area contributed by atoms with E-state index in [0.717, 1.165) is 5.56 Å². The molecule has 3 nitrogen and oxygen atoms in total. The molecule has 1 rings (SSSR count). The van der Waals surface area contributed by atoms with Crippen LogP contribution in [0.4, 0.5) is 13.2 Å². The molecule has 0 fully saturated rings. The van der Waals surface area contributed by atoms with Gasteiger partial charge in [-0.05, 0) is 17.7 Å². The summed E-state index contributed by atoms with van der Waals surface area (Å²) in [4.78, 5) is 0. The summed E-state index contributed by atoms with van der Waals surface area (Å²) in [6.07, 6.45) is -5.12. The lowest BCUT2D eigenvalue weighted by molar-refractivity contribution is -0.179. The number of hydrogen-bond donors (Lipinski definition) is 1. The molecule has 18 heavy (non-hydrogen) atoms. The maximum absolute atomic E-state index is 11.8. The second-order valence-corrected chi connectivity index (χ2v) is 3.84. The van der Waals surface area contributed by atoms with Crippen molar-refractivity contribution in [1.29, 1.82) is 0 Å². The molecule has 6 heteroatoms. The monoisotopic (exact) mass is 264 g/mol. The van der Waals surface area contributed by atoms with Crippen molar-refractivity contribution < 1.29 is 27.8 Å². The third-order valence-electron chi connectivity index (χ3n) is 2.18. The van der Waals surface area contributed by atoms with Gasteiger partial charge in [0.15, 0.2) is 0 Å². The van der Waals surface area contributed by atoms with Crippen LogP contribution >= 0.6 is 0 Å². The van der Waals surface area contributed by atoms with Crippen LogP contribution in [0.1, 0.15) is 5.56 Å². The zero-order valence-electron chi connectivity index (χ0n) is 9.91. The van der Waals surface area contributed by atoms with Crippen molar-refractivity contribution in [2.45, 2.75) is 18.7 Å². The largest absolute Gasteiger partial charge is 0.497 e. The van der Waals surface area contributed by atoms with Gasteiger partial charge in [0.05, 0.1) is 19.8 Å². The second-order valence-electron chi connectivity index (χ2n) is 3.84. The number of aliphatic hydroxyl groups excluding tert-OH is 1. The number of halogens is 3. The highest BCUT2D eigenvalue weighted by atomic mass is 19.4. The first kappa shape index (κ1) is 14.8. The molecule has 0 bridgehead atoms. The van der Waals surface area contributed by atoms with Gasteiger partial charge >= 0.3 is 6.18 Å². The summed E-state index contributed by atoms with van der Waals surface area (Å²) in [7, 11) is 1.52. The van der Waals surface area contributed by atoms with Gasteiger partial charge in [-0.3, -0.25) is 0 Å². The van der Waals surface area contributed by atoms with Crippen LogP contribution in [-0.2, 0) is 11.2 Å². The first-order chi connectivity index (χ1) is 8.40. The van der Waals surface area contributed by atoms with Crippen molar-refractivity contribution in [2.24, 2.45) is 0 Å². The van der Waals surface area contributed by atoms with Gasteiger partial charge in [-0.15, -0.1) is 0 Å². The average molecular weight is 264 g/mol. The van der Waals surface area contributed by atoms with Crippen molar-refractivity contribution in [3.05, 3.63) is 29.8 Å². The third-order valence-corrected chi connectivity index (χ3v) is 2.18. The van der Waals surface area contributed by atoms with Crippen LogP contribution in [-0.4, -0.2) is 37.7 Å². The summed E-state index contributed by atoms with van der Waals surface area (Å²) < 4.78 is 44.8. The van der Waals surface area contributed by atoms with Crippen LogP contribution < -0.4 is 4.74 Å². The van der Waals surface area contributed by atoms with Gasteiger partial charge in [0.1, 0.15) is 12.4 Å². The van der Waals surface area contributed by atoms with E-state index in [4.69, 9.17) is 4.74 Å². The van der Waals surface area contributed by atoms with E-state index in [9.17, 15) is 18.3 Å². The maximum Gasteiger partial charge on any atom is 0.411 e. The van der Waals surface area contributed by atoms with Crippen LogP contribution in [0.3, 0.4) is 0 Å². The number of alkyl halides is 3. The predicted molar refractivity (Wildman–Crippen MR) is 59.6 cm³/mol. The van der Waals surface area contributed by atoms with Gasteiger partial charge in [0.25, 0.3) is 0 Å². The van der Waals surface area contributed by atoms with E-state index in [1.165, 1.54) is 7.11 Å². The highest BCUT2D eigenvalue weighted by Crippen LogP contribution is 2.16. The molecule has 0 saturated carbocycles. The Balaban J connectivity index is 2.37. The molecule has 0 amide bonds.